The van der Waals surface area contributed by atoms with E-state index in [4.69, 9.17) is 5.73 Å². The molecule has 1 heterocycles. The van der Waals surface area contributed by atoms with Crippen LogP contribution < -0.4 is 16.0 Å². The zero-order chi connectivity index (χ0) is 16.8. The molecule has 0 saturated carbocycles. The molecule has 0 fully saturated rings. The number of thiazole rings is 1. The summed E-state index contributed by atoms with van der Waals surface area (Å²) in [6.07, 6.45) is 1.92. The number of nitrogens with two attached hydrogens (primary N) is 1. The van der Waals surface area contributed by atoms with Gasteiger partial charge in [0, 0.05) is 25.2 Å². The molecular weight excluding hydrogens is 306 g/mol. The second-order valence-electron chi connectivity index (χ2n) is 5.50. The normalized spacial score (nSPS) is 11.6. The van der Waals surface area contributed by atoms with E-state index < -0.39 is 0 Å². The molecule has 0 bridgehead atoms. The molecule has 0 atom stereocenters. The van der Waals surface area contributed by atoms with E-state index in [2.05, 4.69) is 47.3 Å². The van der Waals surface area contributed by atoms with Gasteiger partial charge in [-0.1, -0.05) is 32.0 Å². The van der Waals surface area contributed by atoms with Gasteiger partial charge in [-0.15, -0.1) is 11.3 Å². The minimum atomic E-state index is 0.431. The SMILES string of the molecule is CCc1cccc(CC)c1NC(N)=NCc1csc(N(C)C)n1. The van der Waals surface area contributed by atoms with Crippen LogP contribution in [0.5, 0.6) is 0 Å². The zero-order valence-electron chi connectivity index (χ0n) is 14.3. The number of aryl methyl sites for hydroxylation is 2. The summed E-state index contributed by atoms with van der Waals surface area (Å²) in [7, 11) is 3.96. The Hall–Kier alpha value is -2.08. The number of aliphatic imine (C=N–C) groups is 1. The fraction of sp³-hybridized carbons (Fsp3) is 0.412. The average molecular weight is 331 g/mol. The van der Waals surface area contributed by atoms with Crippen molar-refractivity contribution in [3.8, 4) is 0 Å². The first kappa shape index (κ1) is 17.3. The van der Waals surface area contributed by atoms with Crippen LogP contribution in [0.2, 0.25) is 0 Å². The fourth-order valence-electron chi connectivity index (χ4n) is 2.31. The lowest BCUT2D eigenvalue weighted by molar-refractivity contribution is 0.985. The molecule has 0 amide bonds. The van der Waals surface area contributed by atoms with Crippen LogP contribution in [0.15, 0.2) is 28.6 Å². The summed E-state index contributed by atoms with van der Waals surface area (Å²) >= 11 is 1.61. The van der Waals surface area contributed by atoms with Crippen molar-refractivity contribution in [1.29, 1.82) is 0 Å². The maximum atomic E-state index is 6.07. The second-order valence-corrected chi connectivity index (χ2v) is 6.34. The maximum absolute atomic E-state index is 6.07. The second kappa shape index (κ2) is 7.97. The predicted molar refractivity (Wildman–Crippen MR) is 101 cm³/mol. The predicted octanol–water partition coefficient (Wildman–Crippen LogP) is 3.26. The van der Waals surface area contributed by atoms with Gasteiger partial charge in [-0.25, -0.2) is 9.98 Å². The summed E-state index contributed by atoms with van der Waals surface area (Å²) in [6, 6.07) is 6.34. The molecule has 3 N–H and O–H groups in total. The molecule has 1 aromatic heterocycles. The number of nitrogens with one attached hydrogen (secondary N) is 1. The highest BCUT2D eigenvalue weighted by Gasteiger charge is 2.07. The van der Waals surface area contributed by atoms with Gasteiger partial charge in [0.05, 0.1) is 12.2 Å². The van der Waals surface area contributed by atoms with Crippen LogP contribution in [0.1, 0.15) is 30.7 Å². The Morgan fingerprint density at radius 1 is 1.26 bits per heavy atom. The van der Waals surface area contributed by atoms with Crippen molar-refractivity contribution in [2.75, 3.05) is 24.3 Å². The Morgan fingerprint density at radius 3 is 2.43 bits per heavy atom. The highest BCUT2D eigenvalue weighted by atomic mass is 32.1. The fourth-order valence-corrected chi connectivity index (χ4v) is 3.06. The summed E-state index contributed by atoms with van der Waals surface area (Å²) in [5.74, 6) is 0.431. The number of para-hydroxylation sites is 1. The van der Waals surface area contributed by atoms with Crippen LogP contribution in [0.4, 0.5) is 10.8 Å². The third kappa shape index (κ3) is 4.45. The van der Waals surface area contributed by atoms with Gasteiger partial charge in [0.1, 0.15) is 0 Å². The maximum Gasteiger partial charge on any atom is 0.193 e. The van der Waals surface area contributed by atoms with Gasteiger partial charge < -0.3 is 16.0 Å². The van der Waals surface area contributed by atoms with Crippen molar-refractivity contribution in [3.05, 3.63) is 40.4 Å². The summed E-state index contributed by atoms with van der Waals surface area (Å²) in [4.78, 5) is 10.9. The van der Waals surface area contributed by atoms with Crippen molar-refractivity contribution < 1.29 is 0 Å². The van der Waals surface area contributed by atoms with Crippen molar-refractivity contribution >= 4 is 28.1 Å². The van der Waals surface area contributed by atoms with E-state index in [1.165, 1.54) is 11.1 Å². The lowest BCUT2D eigenvalue weighted by atomic mass is 10.0. The molecule has 124 valence electrons. The topological polar surface area (TPSA) is 66.5 Å². The molecule has 1 aromatic carbocycles. The summed E-state index contributed by atoms with van der Waals surface area (Å²) in [6.45, 7) is 4.77. The van der Waals surface area contributed by atoms with Crippen LogP contribution in [-0.4, -0.2) is 25.0 Å². The van der Waals surface area contributed by atoms with E-state index >= 15 is 0 Å². The van der Waals surface area contributed by atoms with Gasteiger partial charge in [-0.2, -0.15) is 0 Å². The lowest BCUT2D eigenvalue weighted by Gasteiger charge is -2.14. The molecule has 0 aliphatic carbocycles. The van der Waals surface area contributed by atoms with Gasteiger partial charge in [0.2, 0.25) is 0 Å². The van der Waals surface area contributed by atoms with E-state index in [-0.39, 0.29) is 0 Å². The van der Waals surface area contributed by atoms with E-state index in [1.54, 1.807) is 11.3 Å². The van der Waals surface area contributed by atoms with E-state index in [0.29, 0.717) is 12.5 Å². The van der Waals surface area contributed by atoms with Gasteiger partial charge in [0.25, 0.3) is 0 Å². The minimum Gasteiger partial charge on any atom is -0.370 e. The number of aromatic nitrogens is 1. The van der Waals surface area contributed by atoms with E-state index in [9.17, 15) is 0 Å². The third-order valence-corrected chi connectivity index (χ3v) is 4.64. The molecule has 23 heavy (non-hydrogen) atoms. The molecule has 0 saturated heterocycles. The van der Waals surface area contributed by atoms with Crippen LogP contribution in [0, 0.1) is 0 Å². The summed E-state index contributed by atoms with van der Waals surface area (Å²) in [5, 5.41) is 6.27. The van der Waals surface area contributed by atoms with Crippen LogP contribution >= 0.6 is 11.3 Å². The van der Waals surface area contributed by atoms with Crippen molar-refractivity contribution in [3.63, 3.8) is 0 Å². The number of benzene rings is 1. The molecule has 5 nitrogen and oxygen atoms in total. The molecule has 2 rings (SSSR count). The van der Waals surface area contributed by atoms with Gasteiger partial charge in [-0.05, 0) is 24.0 Å². The van der Waals surface area contributed by atoms with Gasteiger partial charge in [0.15, 0.2) is 11.1 Å². The van der Waals surface area contributed by atoms with Gasteiger partial charge >= 0.3 is 0 Å². The van der Waals surface area contributed by atoms with Crippen LogP contribution in [0.3, 0.4) is 0 Å². The first-order valence-corrected chi connectivity index (χ1v) is 8.72. The standard InChI is InChI=1S/C17H25N5S/c1-5-12-8-7-9-13(6-2)15(12)21-16(18)19-10-14-11-23-17(20-14)22(3)4/h7-9,11H,5-6,10H2,1-4H3,(H3,18,19,21). The number of nitrogens with zero attached hydrogens (tertiary/aromatic N) is 3. The Balaban J connectivity index is 2.10. The van der Waals surface area contributed by atoms with E-state index in [1.807, 2.05) is 24.4 Å². The molecular formula is C17H25N5S. The Morgan fingerprint density at radius 2 is 1.91 bits per heavy atom. The smallest absolute Gasteiger partial charge is 0.193 e. The molecule has 0 aliphatic rings. The zero-order valence-corrected chi connectivity index (χ0v) is 15.1. The van der Waals surface area contributed by atoms with Gasteiger partial charge in [-0.3, -0.25) is 0 Å². The lowest BCUT2D eigenvalue weighted by Crippen LogP contribution is -2.24. The number of anilines is 2. The van der Waals surface area contributed by atoms with E-state index in [0.717, 1.165) is 29.4 Å². The first-order chi connectivity index (χ1) is 11.0. The molecule has 2 aromatic rings. The Labute approximate surface area is 142 Å². The summed E-state index contributed by atoms with van der Waals surface area (Å²) < 4.78 is 0. The minimum absolute atomic E-state index is 0.431. The average Bonchev–Trinajstić information content (AvgIpc) is 3.02. The Kier molecular flexibility index (Phi) is 5.98. The molecule has 0 spiro atoms. The van der Waals surface area contributed by atoms with Crippen LogP contribution in [-0.2, 0) is 19.4 Å². The van der Waals surface area contributed by atoms with Crippen LogP contribution in [0.25, 0.3) is 0 Å². The van der Waals surface area contributed by atoms with Crippen molar-refractivity contribution in [1.82, 2.24) is 4.98 Å². The van der Waals surface area contributed by atoms with Crippen molar-refractivity contribution in [2.24, 2.45) is 10.7 Å². The summed E-state index contributed by atoms with van der Waals surface area (Å²) in [5.41, 5.74) is 10.6. The molecule has 6 heteroatoms. The largest absolute Gasteiger partial charge is 0.370 e. The number of hydrogen-bond donors (Lipinski definition) is 2. The highest BCUT2D eigenvalue weighted by Crippen LogP contribution is 2.22. The molecule has 0 radical (unpaired) electrons. The number of hydrogen-bond acceptors (Lipinski definition) is 4. The third-order valence-electron chi connectivity index (χ3n) is 3.59. The Bertz CT molecular complexity index is 653. The highest BCUT2D eigenvalue weighted by molar-refractivity contribution is 7.13. The number of rotatable bonds is 6. The molecule has 0 aliphatic heterocycles. The van der Waals surface area contributed by atoms with Crippen molar-refractivity contribution in [2.45, 2.75) is 33.2 Å². The first-order valence-electron chi connectivity index (χ1n) is 7.84. The monoisotopic (exact) mass is 331 g/mol. The number of guanidine groups is 1. The quantitative estimate of drug-likeness (QED) is 0.630. The molecule has 0 unspecified atom stereocenters.